The molecule has 0 bridgehead atoms. The molecule has 5 heteroatoms. The summed E-state index contributed by atoms with van der Waals surface area (Å²) in [6, 6.07) is 10.9. The van der Waals surface area contributed by atoms with Crippen molar-refractivity contribution >= 4 is 11.6 Å². The predicted molar refractivity (Wildman–Crippen MR) is 63.5 cm³/mol. The molecule has 0 aliphatic rings. The zero-order valence-electron chi connectivity index (χ0n) is 8.91. The second-order valence-electron chi connectivity index (χ2n) is 3.11. The Balaban J connectivity index is 0.000000171. The molecule has 0 aliphatic heterocycles. The highest BCUT2D eigenvalue weighted by Gasteiger charge is 1.90. The van der Waals surface area contributed by atoms with E-state index in [-0.39, 0.29) is 0 Å². The standard InChI is InChI=1S/C7H8ClN.C5H3F2N/c8-7-3-1-6(5-9)2-4-7;6-4-2-1-3-5(7)8-4/h1-4H,5,9H2;1-3H. The number of pyridine rings is 1. The van der Waals surface area contributed by atoms with E-state index in [0.717, 1.165) is 22.7 Å². The minimum atomic E-state index is -0.787. The fourth-order valence-electron chi connectivity index (χ4n) is 1.00. The molecule has 1 heterocycles. The summed E-state index contributed by atoms with van der Waals surface area (Å²) >= 11 is 5.63. The Labute approximate surface area is 103 Å². The quantitative estimate of drug-likeness (QED) is 0.796. The van der Waals surface area contributed by atoms with Crippen LogP contribution in [0.1, 0.15) is 5.56 Å². The highest BCUT2D eigenvalue weighted by Crippen LogP contribution is 2.08. The van der Waals surface area contributed by atoms with Crippen molar-refractivity contribution in [2.45, 2.75) is 6.54 Å². The van der Waals surface area contributed by atoms with Crippen LogP contribution in [0.3, 0.4) is 0 Å². The topological polar surface area (TPSA) is 38.9 Å². The zero-order chi connectivity index (χ0) is 12.7. The van der Waals surface area contributed by atoms with Crippen LogP contribution in [-0.4, -0.2) is 4.98 Å². The van der Waals surface area contributed by atoms with Crippen molar-refractivity contribution in [1.29, 1.82) is 0 Å². The summed E-state index contributed by atoms with van der Waals surface area (Å²) in [5.41, 5.74) is 6.47. The second-order valence-corrected chi connectivity index (χ2v) is 3.55. The maximum Gasteiger partial charge on any atom is 0.215 e. The molecule has 0 spiro atoms. The summed E-state index contributed by atoms with van der Waals surface area (Å²) in [4.78, 5) is 2.84. The lowest BCUT2D eigenvalue weighted by Crippen LogP contribution is -1.94. The van der Waals surface area contributed by atoms with Gasteiger partial charge in [0.15, 0.2) is 0 Å². The van der Waals surface area contributed by atoms with Crippen molar-refractivity contribution in [1.82, 2.24) is 4.98 Å². The molecule has 0 fully saturated rings. The van der Waals surface area contributed by atoms with E-state index in [0.29, 0.717) is 6.54 Å². The Morgan fingerprint density at radius 3 is 1.88 bits per heavy atom. The summed E-state index contributed by atoms with van der Waals surface area (Å²) in [6.07, 6.45) is 0. The molecule has 2 nitrogen and oxygen atoms in total. The van der Waals surface area contributed by atoms with Crippen LogP contribution in [0.25, 0.3) is 0 Å². The number of nitrogens with two attached hydrogens (primary N) is 1. The van der Waals surface area contributed by atoms with Crippen LogP contribution in [0.5, 0.6) is 0 Å². The summed E-state index contributed by atoms with van der Waals surface area (Å²) in [5.74, 6) is -1.57. The molecule has 1 aromatic heterocycles. The Kier molecular flexibility index (Phi) is 5.52. The minimum absolute atomic E-state index is 0.581. The Bertz CT molecular complexity index is 443. The average molecular weight is 257 g/mol. The lowest BCUT2D eigenvalue weighted by atomic mass is 10.2. The average Bonchev–Trinajstić information content (AvgIpc) is 2.30. The number of halogens is 3. The van der Waals surface area contributed by atoms with Gasteiger partial charge in [0.2, 0.25) is 11.9 Å². The number of aromatic nitrogens is 1. The van der Waals surface area contributed by atoms with Gasteiger partial charge in [-0.1, -0.05) is 29.8 Å². The van der Waals surface area contributed by atoms with Crippen LogP contribution in [0, 0.1) is 11.9 Å². The van der Waals surface area contributed by atoms with E-state index in [9.17, 15) is 8.78 Å². The van der Waals surface area contributed by atoms with E-state index in [1.54, 1.807) is 0 Å². The molecule has 0 amide bonds. The third-order valence-corrected chi connectivity index (χ3v) is 2.08. The minimum Gasteiger partial charge on any atom is -0.326 e. The fraction of sp³-hybridized carbons (Fsp3) is 0.0833. The van der Waals surface area contributed by atoms with Crippen molar-refractivity contribution in [3.05, 3.63) is 64.9 Å². The van der Waals surface area contributed by atoms with E-state index in [1.807, 2.05) is 24.3 Å². The van der Waals surface area contributed by atoms with Crippen LogP contribution in [-0.2, 0) is 6.54 Å². The summed E-state index contributed by atoms with van der Waals surface area (Å²) < 4.78 is 23.6. The molecule has 0 aliphatic carbocycles. The Morgan fingerprint density at radius 1 is 1.00 bits per heavy atom. The molecule has 0 saturated carbocycles. The maximum absolute atomic E-state index is 11.8. The first-order valence-corrected chi connectivity index (χ1v) is 5.22. The van der Waals surface area contributed by atoms with Gasteiger partial charge in [-0.25, -0.2) is 0 Å². The second kappa shape index (κ2) is 6.93. The molecule has 90 valence electrons. The van der Waals surface area contributed by atoms with Crippen molar-refractivity contribution in [2.75, 3.05) is 0 Å². The number of hydrogen-bond acceptors (Lipinski definition) is 2. The van der Waals surface area contributed by atoms with Gasteiger partial charge in [-0.2, -0.15) is 13.8 Å². The monoisotopic (exact) mass is 256 g/mol. The highest BCUT2D eigenvalue weighted by atomic mass is 35.5. The van der Waals surface area contributed by atoms with Crippen LogP contribution >= 0.6 is 11.6 Å². The molecule has 2 rings (SSSR count). The Hall–Kier alpha value is -1.52. The van der Waals surface area contributed by atoms with E-state index in [1.165, 1.54) is 6.07 Å². The number of hydrogen-bond donors (Lipinski definition) is 1. The van der Waals surface area contributed by atoms with Crippen molar-refractivity contribution in [2.24, 2.45) is 5.73 Å². The van der Waals surface area contributed by atoms with Crippen LogP contribution in [0.4, 0.5) is 8.78 Å². The van der Waals surface area contributed by atoms with Gasteiger partial charge in [0.25, 0.3) is 0 Å². The lowest BCUT2D eigenvalue weighted by molar-refractivity contribution is 0.513. The first-order valence-electron chi connectivity index (χ1n) is 4.84. The van der Waals surface area contributed by atoms with Crippen LogP contribution in [0.2, 0.25) is 5.02 Å². The van der Waals surface area contributed by atoms with E-state index in [4.69, 9.17) is 17.3 Å². The predicted octanol–water partition coefficient (Wildman–Crippen LogP) is 3.16. The smallest absolute Gasteiger partial charge is 0.215 e. The van der Waals surface area contributed by atoms with Gasteiger partial charge in [0.05, 0.1) is 0 Å². The van der Waals surface area contributed by atoms with Crippen molar-refractivity contribution in [3.63, 3.8) is 0 Å². The molecule has 0 saturated heterocycles. The first kappa shape index (κ1) is 13.5. The van der Waals surface area contributed by atoms with Gasteiger partial charge in [-0.3, -0.25) is 0 Å². The molecule has 17 heavy (non-hydrogen) atoms. The van der Waals surface area contributed by atoms with Gasteiger partial charge < -0.3 is 5.73 Å². The molecule has 1 aromatic carbocycles. The number of nitrogens with zero attached hydrogens (tertiary/aromatic N) is 1. The molecular weight excluding hydrogens is 246 g/mol. The van der Waals surface area contributed by atoms with E-state index in [2.05, 4.69) is 4.98 Å². The molecular formula is C12H11ClF2N2. The van der Waals surface area contributed by atoms with E-state index < -0.39 is 11.9 Å². The van der Waals surface area contributed by atoms with Crippen LogP contribution in [0.15, 0.2) is 42.5 Å². The van der Waals surface area contributed by atoms with Gasteiger partial charge in [0, 0.05) is 11.6 Å². The summed E-state index contributed by atoms with van der Waals surface area (Å²) in [7, 11) is 0. The number of benzene rings is 1. The van der Waals surface area contributed by atoms with Crippen molar-refractivity contribution < 1.29 is 8.78 Å². The number of rotatable bonds is 1. The van der Waals surface area contributed by atoms with Gasteiger partial charge >= 0.3 is 0 Å². The molecule has 2 aromatic rings. The lowest BCUT2D eigenvalue weighted by Gasteiger charge is -1.93. The van der Waals surface area contributed by atoms with Crippen LogP contribution < -0.4 is 5.73 Å². The Morgan fingerprint density at radius 2 is 1.53 bits per heavy atom. The normalized spacial score (nSPS) is 9.41. The SMILES string of the molecule is Fc1cccc(F)n1.NCc1ccc(Cl)cc1. The summed E-state index contributed by atoms with van der Waals surface area (Å²) in [5, 5.41) is 0.757. The third-order valence-electron chi connectivity index (χ3n) is 1.83. The molecule has 2 N–H and O–H groups in total. The highest BCUT2D eigenvalue weighted by molar-refractivity contribution is 6.30. The largest absolute Gasteiger partial charge is 0.326 e. The maximum atomic E-state index is 11.8. The molecule has 0 radical (unpaired) electrons. The molecule has 0 unspecified atom stereocenters. The van der Waals surface area contributed by atoms with Crippen molar-refractivity contribution in [3.8, 4) is 0 Å². The van der Waals surface area contributed by atoms with Gasteiger partial charge in [-0.05, 0) is 29.8 Å². The fourth-order valence-corrected chi connectivity index (χ4v) is 1.13. The summed E-state index contributed by atoms with van der Waals surface area (Å²) in [6.45, 7) is 0.581. The van der Waals surface area contributed by atoms with Gasteiger partial charge in [-0.15, -0.1) is 0 Å². The van der Waals surface area contributed by atoms with Gasteiger partial charge in [0.1, 0.15) is 0 Å². The molecule has 0 atom stereocenters. The third kappa shape index (κ3) is 5.38. The first-order chi connectivity index (χ1) is 8.11. The van der Waals surface area contributed by atoms with E-state index >= 15 is 0 Å². The zero-order valence-corrected chi connectivity index (χ0v) is 9.66.